The van der Waals surface area contributed by atoms with Crippen molar-refractivity contribution in [2.75, 3.05) is 13.2 Å². The molecule has 0 saturated heterocycles. The molecule has 0 aliphatic rings. The van der Waals surface area contributed by atoms with Crippen molar-refractivity contribution in [1.29, 1.82) is 0 Å². The van der Waals surface area contributed by atoms with Crippen LogP contribution in [0.2, 0.25) is 0 Å². The summed E-state index contributed by atoms with van der Waals surface area (Å²) in [6, 6.07) is 16.2. The topological polar surface area (TPSA) is 105 Å². The lowest BCUT2D eigenvalue weighted by Crippen LogP contribution is -2.34. The summed E-state index contributed by atoms with van der Waals surface area (Å²) in [6.07, 6.45) is 2.44. The highest BCUT2D eigenvalue weighted by Crippen LogP contribution is 2.25. The molecule has 2 atom stereocenters. The lowest BCUT2D eigenvalue weighted by Gasteiger charge is -2.25. The Morgan fingerprint density at radius 3 is 2.32 bits per heavy atom. The number of nitrogens with two attached hydrogens (primary N) is 1. The zero-order valence-corrected chi connectivity index (χ0v) is 20.3. The van der Waals surface area contributed by atoms with Crippen LogP contribution in [-0.4, -0.2) is 37.2 Å². The van der Waals surface area contributed by atoms with Crippen LogP contribution in [0.25, 0.3) is 11.1 Å². The van der Waals surface area contributed by atoms with Gasteiger partial charge in [0.15, 0.2) is 0 Å². The quantitative estimate of drug-likeness (QED) is 0.324. The number of rotatable bonds is 14. The third-order valence-corrected chi connectivity index (χ3v) is 5.43. The van der Waals surface area contributed by atoms with Gasteiger partial charge in [-0.25, -0.2) is 0 Å². The van der Waals surface area contributed by atoms with Crippen LogP contribution in [0.1, 0.15) is 52.0 Å². The van der Waals surface area contributed by atoms with Crippen molar-refractivity contribution in [2.45, 2.75) is 59.0 Å². The maximum atomic E-state index is 11.6. The van der Waals surface area contributed by atoms with Crippen molar-refractivity contribution in [3.05, 3.63) is 54.1 Å². The fourth-order valence-electron chi connectivity index (χ4n) is 3.65. The minimum atomic E-state index is -0.752. The first-order valence-electron chi connectivity index (χ1n) is 11.7. The maximum Gasteiger partial charge on any atom is 0.302 e. The number of aryl methyl sites for hydroxylation is 1. The second-order valence-electron chi connectivity index (χ2n) is 8.35. The van der Waals surface area contributed by atoms with E-state index in [9.17, 15) is 14.4 Å². The first-order chi connectivity index (χ1) is 16.3. The molecule has 2 N–H and O–H groups in total. The van der Waals surface area contributed by atoms with Gasteiger partial charge >= 0.3 is 11.9 Å². The van der Waals surface area contributed by atoms with E-state index in [1.165, 1.54) is 13.8 Å². The number of hydrogen-bond acceptors (Lipinski definition) is 6. The van der Waals surface area contributed by atoms with Crippen molar-refractivity contribution in [3.8, 4) is 16.9 Å². The summed E-state index contributed by atoms with van der Waals surface area (Å²) in [5, 5.41) is 0. The van der Waals surface area contributed by atoms with Gasteiger partial charge in [0.1, 0.15) is 11.9 Å². The summed E-state index contributed by atoms with van der Waals surface area (Å²) in [7, 11) is 0. The van der Waals surface area contributed by atoms with E-state index >= 15 is 0 Å². The van der Waals surface area contributed by atoms with Crippen LogP contribution in [-0.2, 0) is 30.3 Å². The van der Waals surface area contributed by atoms with Crippen molar-refractivity contribution in [1.82, 2.24) is 0 Å². The number of amides is 1. The van der Waals surface area contributed by atoms with Gasteiger partial charge in [-0.2, -0.15) is 0 Å². The standard InChI is InChI=1S/C27H35NO6/c1-4-5-15-32-25-13-11-22(12-14-25)23-8-6-7-21(16-23)9-10-24(18-33-19(2)29)26(17-27(28)31)34-20(3)30/h6-8,11-14,16,24,26H,4-5,9-10,15,17-18H2,1-3H3,(H2,28,31). The van der Waals surface area contributed by atoms with E-state index in [1.54, 1.807) is 0 Å². The van der Waals surface area contributed by atoms with Gasteiger partial charge in [0.25, 0.3) is 0 Å². The molecule has 0 heterocycles. The van der Waals surface area contributed by atoms with Crippen LogP contribution in [0.5, 0.6) is 5.75 Å². The number of hydrogen-bond donors (Lipinski definition) is 1. The predicted molar refractivity (Wildman–Crippen MR) is 130 cm³/mol. The highest BCUT2D eigenvalue weighted by Gasteiger charge is 2.27. The maximum absolute atomic E-state index is 11.6. The molecule has 0 aromatic heterocycles. The lowest BCUT2D eigenvalue weighted by atomic mass is 9.92. The summed E-state index contributed by atoms with van der Waals surface area (Å²) in [5.41, 5.74) is 8.58. The second kappa shape index (κ2) is 14.0. The number of ether oxygens (including phenoxy) is 3. The normalized spacial score (nSPS) is 12.4. The molecule has 0 fully saturated rings. The molecule has 1 amide bonds. The van der Waals surface area contributed by atoms with Crippen molar-refractivity contribution in [2.24, 2.45) is 11.7 Å². The molecule has 0 aliphatic heterocycles. The molecule has 184 valence electrons. The van der Waals surface area contributed by atoms with Crippen LogP contribution < -0.4 is 10.5 Å². The molecular formula is C27H35NO6. The largest absolute Gasteiger partial charge is 0.494 e. The summed E-state index contributed by atoms with van der Waals surface area (Å²) in [6.45, 7) is 5.48. The molecule has 2 unspecified atom stereocenters. The van der Waals surface area contributed by atoms with E-state index in [1.807, 2.05) is 42.5 Å². The zero-order chi connectivity index (χ0) is 24.9. The van der Waals surface area contributed by atoms with Gasteiger partial charge < -0.3 is 19.9 Å². The second-order valence-corrected chi connectivity index (χ2v) is 8.35. The minimum absolute atomic E-state index is 0.0414. The summed E-state index contributed by atoms with van der Waals surface area (Å²) >= 11 is 0. The fourth-order valence-corrected chi connectivity index (χ4v) is 3.65. The lowest BCUT2D eigenvalue weighted by molar-refractivity contribution is -0.154. The number of carbonyl (C=O) groups is 3. The van der Waals surface area contributed by atoms with Crippen LogP contribution in [0.4, 0.5) is 0 Å². The Bertz CT molecular complexity index is 924. The minimum Gasteiger partial charge on any atom is -0.494 e. The van der Waals surface area contributed by atoms with Gasteiger partial charge in [-0.05, 0) is 48.1 Å². The monoisotopic (exact) mass is 469 g/mol. The zero-order valence-electron chi connectivity index (χ0n) is 20.3. The third-order valence-electron chi connectivity index (χ3n) is 5.43. The Morgan fingerprint density at radius 1 is 0.971 bits per heavy atom. The Kier molecular flexibility index (Phi) is 11.1. The summed E-state index contributed by atoms with van der Waals surface area (Å²) in [4.78, 5) is 34.4. The number of benzene rings is 2. The average Bonchev–Trinajstić information content (AvgIpc) is 2.79. The molecule has 7 nitrogen and oxygen atoms in total. The van der Waals surface area contributed by atoms with E-state index < -0.39 is 23.9 Å². The van der Waals surface area contributed by atoms with E-state index in [0.29, 0.717) is 19.4 Å². The Hall–Kier alpha value is -3.35. The molecule has 0 bridgehead atoms. The number of carbonyl (C=O) groups excluding carboxylic acids is 3. The van der Waals surface area contributed by atoms with Crippen molar-refractivity contribution in [3.63, 3.8) is 0 Å². The molecule has 0 saturated carbocycles. The summed E-state index contributed by atoms with van der Waals surface area (Å²) in [5.74, 6) is -1.03. The Labute approximate surface area is 201 Å². The first kappa shape index (κ1) is 26.9. The Balaban J connectivity index is 2.11. The smallest absolute Gasteiger partial charge is 0.302 e. The predicted octanol–water partition coefficient (Wildman–Crippen LogP) is 4.45. The number of unbranched alkanes of at least 4 members (excludes halogenated alkanes) is 1. The van der Waals surface area contributed by atoms with Crippen LogP contribution in [0, 0.1) is 5.92 Å². The third kappa shape index (κ3) is 9.65. The Morgan fingerprint density at radius 2 is 1.71 bits per heavy atom. The van der Waals surface area contributed by atoms with Gasteiger partial charge in [0.05, 0.1) is 19.6 Å². The molecule has 34 heavy (non-hydrogen) atoms. The molecule has 0 aliphatic carbocycles. The van der Waals surface area contributed by atoms with Crippen LogP contribution in [0.15, 0.2) is 48.5 Å². The van der Waals surface area contributed by atoms with Gasteiger partial charge in [0, 0.05) is 19.8 Å². The highest BCUT2D eigenvalue weighted by molar-refractivity contribution is 5.75. The van der Waals surface area contributed by atoms with E-state index in [0.717, 1.165) is 35.3 Å². The van der Waals surface area contributed by atoms with Crippen LogP contribution >= 0.6 is 0 Å². The van der Waals surface area contributed by atoms with Crippen molar-refractivity contribution < 1.29 is 28.6 Å². The molecule has 7 heteroatoms. The van der Waals surface area contributed by atoms with Gasteiger partial charge in [-0.15, -0.1) is 0 Å². The van der Waals surface area contributed by atoms with E-state index in [-0.39, 0.29) is 18.9 Å². The highest BCUT2D eigenvalue weighted by atomic mass is 16.6. The number of primary amides is 1. The molecule has 0 radical (unpaired) electrons. The number of esters is 2. The first-order valence-corrected chi connectivity index (χ1v) is 11.7. The van der Waals surface area contributed by atoms with Gasteiger partial charge in [-0.1, -0.05) is 49.7 Å². The molecule has 2 rings (SSSR count). The average molecular weight is 470 g/mol. The van der Waals surface area contributed by atoms with Gasteiger partial charge in [0.2, 0.25) is 5.91 Å². The SMILES string of the molecule is CCCCOc1ccc(-c2cccc(CCC(COC(C)=O)C(CC(N)=O)OC(C)=O)c2)cc1. The van der Waals surface area contributed by atoms with E-state index in [2.05, 4.69) is 13.0 Å². The molecule has 2 aromatic carbocycles. The van der Waals surface area contributed by atoms with Crippen molar-refractivity contribution >= 4 is 17.8 Å². The molecule has 2 aromatic rings. The fraction of sp³-hybridized carbons (Fsp3) is 0.444. The van der Waals surface area contributed by atoms with Crippen LogP contribution in [0.3, 0.4) is 0 Å². The van der Waals surface area contributed by atoms with Gasteiger partial charge in [-0.3, -0.25) is 14.4 Å². The molecular weight excluding hydrogens is 434 g/mol. The summed E-state index contributed by atoms with van der Waals surface area (Å²) < 4.78 is 16.3. The van der Waals surface area contributed by atoms with E-state index in [4.69, 9.17) is 19.9 Å². The molecule has 0 spiro atoms.